The van der Waals surface area contributed by atoms with E-state index in [9.17, 15) is 4.39 Å². The molecule has 1 heterocycles. The van der Waals surface area contributed by atoms with Gasteiger partial charge in [0, 0.05) is 17.0 Å². The second kappa shape index (κ2) is 5.19. The molecule has 3 heteroatoms. The van der Waals surface area contributed by atoms with Crippen molar-refractivity contribution in [2.24, 2.45) is 0 Å². The Morgan fingerprint density at radius 2 is 1.74 bits per heavy atom. The number of pyridine rings is 1. The topological polar surface area (TPSA) is 18.5 Å². The number of benzene rings is 3. The third kappa shape index (κ3) is 2.21. The number of halogens is 1. The van der Waals surface area contributed by atoms with E-state index < -0.39 is 0 Å². The number of H-pyrrole nitrogens is 1. The molecule has 1 N–H and O–H groups in total. The molecule has 3 aromatic carbocycles. The molecule has 1 aromatic heterocycles. The average molecular weight is 299 g/mol. The molecule has 0 atom stereocenters. The van der Waals surface area contributed by atoms with E-state index in [-0.39, 0.29) is 5.82 Å². The van der Waals surface area contributed by atoms with E-state index in [1.807, 2.05) is 48.7 Å². The van der Waals surface area contributed by atoms with Crippen LogP contribution in [0.3, 0.4) is 0 Å². The number of aromatic nitrogens is 1. The predicted octanol–water partition coefficient (Wildman–Crippen LogP) is 5.16. The fourth-order valence-electron chi connectivity index (χ4n) is 2.98. The number of rotatable bonds is 1. The minimum atomic E-state index is -0.232. The van der Waals surface area contributed by atoms with Crippen molar-refractivity contribution in [1.82, 2.24) is 0 Å². The highest BCUT2D eigenvalue weighted by atomic mass is 19.1. The summed E-state index contributed by atoms with van der Waals surface area (Å²) in [5.41, 5.74) is 2.53. The van der Waals surface area contributed by atoms with Crippen LogP contribution in [-0.4, -0.2) is 0 Å². The first-order valence-corrected chi connectivity index (χ1v) is 7.27. The van der Waals surface area contributed by atoms with Crippen LogP contribution in [0.15, 0.2) is 66.9 Å². The minimum absolute atomic E-state index is 0.232. The number of fused-ring (bicyclic) bond motifs is 3. The van der Waals surface area contributed by atoms with E-state index in [0.717, 1.165) is 32.8 Å². The lowest BCUT2D eigenvalue weighted by atomic mass is 9.98. The lowest BCUT2D eigenvalue weighted by molar-refractivity contribution is -0.362. The Hall–Kier alpha value is -3.25. The Morgan fingerprint density at radius 1 is 0.870 bits per heavy atom. The zero-order chi connectivity index (χ0) is 15.8. The Morgan fingerprint density at radius 3 is 2.61 bits per heavy atom. The lowest BCUT2D eigenvalue weighted by Gasteiger charge is -2.05. The largest absolute Gasteiger partial charge is 0.238 e. The Labute approximate surface area is 132 Å². The number of nitrogens with zero attached hydrogens (tertiary/aromatic N) is 1. The molecular formula is C20H12FN2+. The molecular weight excluding hydrogens is 287 g/mol. The van der Waals surface area contributed by atoms with E-state index in [0.29, 0.717) is 5.69 Å². The number of nitrogens with one attached hydrogen (secondary N) is 1. The molecule has 0 saturated heterocycles. The second-order valence-electron chi connectivity index (χ2n) is 5.41. The molecule has 4 rings (SSSR count). The minimum Gasteiger partial charge on any atom is -0.238 e. The van der Waals surface area contributed by atoms with Gasteiger partial charge in [-0.2, -0.15) is 0 Å². The van der Waals surface area contributed by atoms with Gasteiger partial charge in [-0.05, 0) is 35.0 Å². The molecule has 0 aliphatic rings. The summed E-state index contributed by atoms with van der Waals surface area (Å²) in [5, 5.41) is 4.00. The van der Waals surface area contributed by atoms with Crippen LogP contribution in [0.2, 0.25) is 0 Å². The van der Waals surface area contributed by atoms with E-state index in [1.54, 1.807) is 12.1 Å². The smallest absolute Gasteiger partial charge is 0.217 e. The SMILES string of the molecule is [C-]#[N+]c1cccc(-c2[nH+]ccc3c2ccc2cc(F)ccc23)c1. The monoisotopic (exact) mass is 299 g/mol. The molecule has 0 radical (unpaired) electrons. The summed E-state index contributed by atoms with van der Waals surface area (Å²) in [6, 6.07) is 18.3. The quantitative estimate of drug-likeness (QED) is 0.341. The highest BCUT2D eigenvalue weighted by molar-refractivity contribution is 6.10. The first-order chi connectivity index (χ1) is 11.3. The van der Waals surface area contributed by atoms with Crippen molar-refractivity contribution in [3.8, 4) is 11.3 Å². The number of hydrogen-bond acceptors (Lipinski definition) is 0. The van der Waals surface area contributed by atoms with Crippen molar-refractivity contribution < 1.29 is 9.37 Å². The Bertz CT molecular complexity index is 1090. The Kier molecular flexibility index (Phi) is 3.03. The maximum Gasteiger partial charge on any atom is 0.217 e. The summed E-state index contributed by atoms with van der Waals surface area (Å²) in [5.74, 6) is -0.232. The van der Waals surface area contributed by atoms with Crippen molar-refractivity contribution in [3.05, 3.63) is 84.1 Å². The summed E-state index contributed by atoms with van der Waals surface area (Å²) in [6.07, 6.45) is 1.88. The van der Waals surface area contributed by atoms with Crippen LogP contribution in [0.4, 0.5) is 10.1 Å². The van der Waals surface area contributed by atoms with Crippen LogP contribution < -0.4 is 4.98 Å². The highest BCUT2D eigenvalue weighted by Crippen LogP contribution is 2.31. The third-order valence-corrected chi connectivity index (χ3v) is 4.03. The van der Waals surface area contributed by atoms with Crippen LogP contribution in [0, 0.1) is 12.4 Å². The fraction of sp³-hybridized carbons (Fsp3) is 0. The molecule has 0 bridgehead atoms. The Balaban J connectivity index is 2.05. The lowest BCUT2D eigenvalue weighted by Crippen LogP contribution is -2.06. The van der Waals surface area contributed by atoms with Crippen molar-refractivity contribution in [1.29, 1.82) is 0 Å². The van der Waals surface area contributed by atoms with E-state index in [1.165, 1.54) is 6.07 Å². The van der Waals surface area contributed by atoms with Gasteiger partial charge in [-0.25, -0.2) is 14.2 Å². The molecule has 0 aliphatic carbocycles. The summed E-state index contributed by atoms with van der Waals surface area (Å²) in [6.45, 7) is 7.17. The maximum absolute atomic E-state index is 13.4. The van der Waals surface area contributed by atoms with Gasteiger partial charge in [-0.3, -0.25) is 0 Å². The van der Waals surface area contributed by atoms with Crippen LogP contribution >= 0.6 is 0 Å². The van der Waals surface area contributed by atoms with Crippen LogP contribution in [0.1, 0.15) is 0 Å². The molecule has 0 saturated carbocycles. The van der Waals surface area contributed by atoms with Crippen LogP contribution in [0.5, 0.6) is 0 Å². The molecule has 0 spiro atoms. The van der Waals surface area contributed by atoms with Gasteiger partial charge in [0.25, 0.3) is 0 Å². The summed E-state index contributed by atoms with van der Waals surface area (Å²) >= 11 is 0. The molecule has 0 unspecified atom stereocenters. The third-order valence-electron chi connectivity index (χ3n) is 4.03. The summed E-state index contributed by atoms with van der Waals surface area (Å²) < 4.78 is 13.4. The van der Waals surface area contributed by atoms with Crippen molar-refractivity contribution in [3.63, 3.8) is 0 Å². The fourth-order valence-corrected chi connectivity index (χ4v) is 2.98. The van der Waals surface area contributed by atoms with Gasteiger partial charge in [-0.1, -0.05) is 30.3 Å². The van der Waals surface area contributed by atoms with Gasteiger partial charge in [0.2, 0.25) is 5.69 Å². The van der Waals surface area contributed by atoms with E-state index >= 15 is 0 Å². The standard InChI is InChI=1S/C20H11FN2/c1-22-16-4-2-3-14(12-16)20-19-7-5-13-11-15(21)6-8-17(13)18(19)9-10-23-20/h2-12H/p+1. The molecule has 108 valence electrons. The molecule has 23 heavy (non-hydrogen) atoms. The molecule has 0 amide bonds. The summed E-state index contributed by atoms with van der Waals surface area (Å²) in [4.78, 5) is 6.77. The highest BCUT2D eigenvalue weighted by Gasteiger charge is 2.13. The number of hydrogen-bond donors (Lipinski definition) is 0. The number of aromatic amines is 1. The average Bonchev–Trinajstić information content (AvgIpc) is 2.60. The predicted molar refractivity (Wildman–Crippen MR) is 89.7 cm³/mol. The second-order valence-corrected chi connectivity index (χ2v) is 5.41. The van der Waals surface area contributed by atoms with Gasteiger partial charge in [0.05, 0.1) is 12.0 Å². The maximum atomic E-state index is 13.4. The molecule has 0 fully saturated rings. The van der Waals surface area contributed by atoms with Gasteiger partial charge < -0.3 is 0 Å². The zero-order valence-electron chi connectivity index (χ0n) is 12.2. The summed E-state index contributed by atoms with van der Waals surface area (Å²) in [7, 11) is 0. The van der Waals surface area contributed by atoms with Crippen LogP contribution in [-0.2, 0) is 0 Å². The molecule has 2 nitrogen and oxygen atoms in total. The van der Waals surface area contributed by atoms with Gasteiger partial charge in [0.1, 0.15) is 5.82 Å². The first kappa shape index (κ1) is 13.4. The van der Waals surface area contributed by atoms with E-state index in [2.05, 4.69) is 9.83 Å². The molecule has 4 aromatic rings. The van der Waals surface area contributed by atoms with Crippen molar-refractivity contribution in [2.45, 2.75) is 0 Å². The van der Waals surface area contributed by atoms with Gasteiger partial charge in [-0.15, -0.1) is 0 Å². The van der Waals surface area contributed by atoms with Gasteiger partial charge in [0.15, 0.2) is 11.9 Å². The molecule has 0 aliphatic heterocycles. The van der Waals surface area contributed by atoms with Crippen LogP contribution in [0.25, 0.3) is 37.6 Å². The van der Waals surface area contributed by atoms with Crippen molar-refractivity contribution in [2.75, 3.05) is 0 Å². The van der Waals surface area contributed by atoms with Crippen molar-refractivity contribution >= 4 is 27.2 Å². The van der Waals surface area contributed by atoms with E-state index in [4.69, 9.17) is 6.57 Å². The normalized spacial score (nSPS) is 10.8. The zero-order valence-corrected chi connectivity index (χ0v) is 12.2. The van der Waals surface area contributed by atoms with Gasteiger partial charge >= 0.3 is 0 Å². The first-order valence-electron chi connectivity index (χ1n) is 7.27.